The van der Waals surface area contributed by atoms with Gasteiger partial charge in [-0.3, -0.25) is 4.79 Å². The molecule has 0 unspecified atom stereocenters. The zero-order valence-electron chi connectivity index (χ0n) is 16.0. The maximum Gasteiger partial charge on any atom is 0.387 e. The van der Waals surface area contributed by atoms with E-state index in [0.29, 0.717) is 17.1 Å². The van der Waals surface area contributed by atoms with Crippen molar-refractivity contribution in [2.75, 3.05) is 7.05 Å². The number of hydrogen-bond donors (Lipinski definition) is 0. The second-order valence-corrected chi connectivity index (χ2v) is 6.35. The van der Waals surface area contributed by atoms with Crippen molar-refractivity contribution < 1.29 is 27.5 Å². The maximum absolute atomic E-state index is 12.6. The van der Waals surface area contributed by atoms with Crippen molar-refractivity contribution in [1.29, 1.82) is 5.26 Å². The lowest BCUT2D eigenvalue weighted by Gasteiger charge is -2.16. The molecule has 0 aliphatic heterocycles. The fraction of sp³-hybridized carbons (Fsp3) is 0.182. The number of carbonyl (C=O) groups excluding carboxylic acids is 1. The number of nitriles is 1. The van der Waals surface area contributed by atoms with Gasteiger partial charge < -0.3 is 18.8 Å². The molecule has 0 fully saturated rings. The van der Waals surface area contributed by atoms with Gasteiger partial charge in [0.2, 0.25) is 0 Å². The summed E-state index contributed by atoms with van der Waals surface area (Å²) in [7, 11) is 1.60. The summed E-state index contributed by atoms with van der Waals surface area (Å²) in [5, 5.41) is 9.08. The van der Waals surface area contributed by atoms with E-state index in [1.807, 2.05) is 6.07 Å². The largest absolute Gasteiger partial charge is 0.484 e. The number of hydrogen-bond acceptors (Lipinski definition) is 5. The highest BCUT2D eigenvalue weighted by molar-refractivity contribution is 5.91. The average molecular weight is 412 g/mol. The lowest BCUT2D eigenvalue weighted by molar-refractivity contribution is -0.0498. The van der Waals surface area contributed by atoms with Crippen molar-refractivity contribution in [3.05, 3.63) is 83.3 Å². The van der Waals surface area contributed by atoms with E-state index in [9.17, 15) is 13.6 Å². The Morgan fingerprint density at radius 1 is 1.13 bits per heavy atom. The van der Waals surface area contributed by atoms with Crippen LogP contribution in [0.4, 0.5) is 8.78 Å². The second-order valence-electron chi connectivity index (χ2n) is 6.35. The third kappa shape index (κ3) is 5.35. The van der Waals surface area contributed by atoms with E-state index in [1.165, 1.54) is 17.0 Å². The summed E-state index contributed by atoms with van der Waals surface area (Å²) < 4.78 is 39.9. The molecule has 1 heterocycles. The number of carbonyl (C=O) groups is 1. The molecule has 0 saturated carbocycles. The van der Waals surface area contributed by atoms with Crippen LogP contribution in [0.5, 0.6) is 11.5 Å². The Morgan fingerprint density at radius 3 is 2.57 bits per heavy atom. The molecule has 154 valence electrons. The number of para-hydroxylation sites is 1. The molecular formula is C22H18F2N2O4. The summed E-state index contributed by atoms with van der Waals surface area (Å²) in [6, 6.07) is 18.1. The van der Waals surface area contributed by atoms with Crippen molar-refractivity contribution in [2.45, 2.75) is 19.8 Å². The van der Waals surface area contributed by atoms with Gasteiger partial charge in [0.25, 0.3) is 5.91 Å². The number of benzene rings is 2. The summed E-state index contributed by atoms with van der Waals surface area (Å²) >= 11 is 0. The molecular weight excluding hydrogens is 394 g/mol. The smallest absolute Gasteiger partial charge is 0.387 e. The molecule has 6 nitrogen and oxygen atoms in total. The van der Waals surface area contributed by atoms with Gasteiger partial charge in [-0.15, -0.1) is 0 Å². The van der Waals surface area contributed by atoms with Crippen molar-refractivity contribution >= 4 is 5.91 Å². The molecule has 1 amide bonds. The molecule has 3 aromatic rings. The Bertz CT molecular complexity index is 1040. The van der Waals surface area contributed by atoms with Crippen LogP contribution in [0.15, 0.2) is 65.1 Å². The standard InChI is InChI=1S/C22H18F2N2O4/c1-26(13-15-6-8-17(9-7-15)30-22(23)24)21(27)20-11-10-18(29-20)14-28-19-5-3-2-4-16(19)12-25/h2-11,22H,13-14H2,1H3. The van der Waals surface area contributed by atoms with E-state index in [4.69, 9.17) is 14.4 Å². The van der Waals surface area contributed by atoms with E-state index in [2.05, 4.69) is 4.74 Å². The van der Waals surface area contributed by atoms with Crippen molar-refractivity contribution in [2.24, 2.45) is 0 Å². The molecule has 30 heavy (non-hydrogen) atoms. The van der Waals surface area contributed by atoms with E-state index in [-0.39, 0.29) is 30.6 Å². The van der Waals surface area contributed by atoms with Crippen LogP contribution in [0.1, 0.15) is 27.4 Å². The van der Waals surface area contributed by atoms with Crippen LogP contribution >= 0.6 is 0 Å². The summed E-state index contributed by atoms with van der Waals surface area (Å²) in [5.74, 6) is 0.721. The first kappa shape index (κ1) is 20.9. The molecule has 0 spiro atoms. The Balaban J connectivity index is 1.58. The highest BCUT2D eigenvalue weighted by atomic mass is 19.3. The average Bonchev–Trinajstić information content (AvgIpc) is 3.22. The van der Waals surface area contributed by atoms with Gasteiger partial charge in [-0.2, -0.15) is 14.0 Å². The number of rotatable bonds is 8. The van der Waals surface area contributed by atoms with E-state index < -0.39 is 6.61 Å². The first-order valence-electron chi connectivity index (χ1n) is 8.96. The molecule has 2 aromatic carbocycles. The van der Waals surface area contributed by atoms with Crippen LogP contribution in [0, 0.1) is 11.3 Å². The fourth-order valence-electron chi connectivity index (χ4n) is 2.71. The second kappa shape index (κ2) is 9.56. The molecule has 0 N–H and O–H groups in total. The minimum atomic E-state index is -2.88. The number of halogens is 2. The summed E-state index contributed by atoms with van der Waals surface area (Å²) in [5.41, 5.74) is 1.15. The molecule has 0 bridgehead atoms. The number of alkyl halides is 2. The summed E-state index contributed by atoms with van der Waals surface area (Å²) in [4.78, 5) is 14.0. The van der Waals surface area contributed by atoms with Gasteiger partial charge in [-0.1, -0.05) is 24.3 Å². The Kier molecular flexibility index (Phi) is 6.65. The first-order valence-corrected chi connectivity index (χ1v) is 8.96. The number of furan rings is 1. The summed E-state index contributed by atoms with van der Waals surface area (Å²) in [6.45, 7) is -2.55. The molecule has 3 rings (SSSR count). The van der Waals surface area contributed by atoms with Crippen LogP contribution < -0.4 is 9.47 Å². The van der Waals surface area contributed by atoms with Gasteiger partial charge >= 0.3 is 6.61 Å². The van der Waals surface area contributed by atoms with Crippen LogP contribution in [0.3, 0.4) is 0 Å². The van der Waals surface area contributed by atoms with Gasteiger partial charge in [0, 0.05) is 13.6 Å². The first-order chi connectivity index (χ1) is 14.5. The van der Waals surface area contributed by atoms with Crippen LogP contribution in [-0.4, -0.2) is 24.5 Å². The van der Waals surface area contributed by atoms with E-state index in [0.717, 1.165) is 5.56 Å². The minimum absolute atomic E-state index is 0.0522. The Labute approximate surface area is 171 Å². The predicted molar refractivity (Wildman–Crippen MR) is 103 cm³/mol. The normalized spacial score (nSPS) is 10.5. The third-order valence-corrected chi connectivity index (χ3v) is 4.16. The third-order valence-electron chi connectivity index (χ3n) is 4.16. The van der Waals surface area contributed by atoms with Gasteiger partial charge in [-0.25, -0.2) is 0 Å². The monoisotopic (exact) mass is 412 g/mol. The van der Waals surface area contributed by atoms with Gasteiger partial charge in [0.15, 0.2) is 5.76 Å². The number of amides is 1. The quantitative estimate of drug-likeness (QED) is 0.540. The zero-order chi connectivity index (χ0) is 21.5. The number of ether oxygens (including phenoxy) is 2. The molecule has 0 saturated heterocycles. The maximum atomic E-state index is 12.6. The molecule has 0 atom stereocenters. The lowest BCUT2D eigenvalue weighted by Crippen LogP contribution is -2.25. The van der Waals surface area contributed by atoms with Crippen LogP contribution in [0.25, 0.3) is 0 Å². The van der Waals surface area contributed by atoms with Crippen LogP contribution in [0.2, 0.25) is 0 Å². The highest BCUT2D eigenvalue weighted by Gasteiger charge is 2.17. The van der Waals surface area contributed by atoms with E-state index in [1.54, 1.807) is 55.6 Å². The minimum Gasteiger partial charge on any atom is -0.484 e. The molecule has 1 aromatic heterocycles. The van der Waals surface area contributed by atoms with Gasteiger partial charge in [0.05, 0.1) is 5.56 Å². The molecule has 8 heteroatoms. The van der Waals surface area contributed by atoms with Gasteiger partial charge in [0.1, 0.15) is 29.9 Å². The van der Waals surface area contributed by atoms with Crippen molar-refractivity contribution in [3.8, 4) is 17.6 Å². The highest BCUT2D eigenvalue weighted by Crippen LogP contribution is 2.20. The lowest BCUT2D eigenvalue weighted by atomic mass is 10.2. The topological polar surface area (TPSA) is 75.7 Å². The van der Waals surface area contributed by atoms with Crippen LogP contribution in [-0.2, 0) is 13.2 Å². The Hall–Kier alpha value is -3.86. The van der Waals surface area contributed by atoms with E-state index >= 15 is 0 Å². The Morgan fingerprint density at radius 2 is 1.87 bits per heavy atom. The molecule has 0 aliphatic carbocycles. The van der Waals surface area contributed by atoms with Crippen molar-refractivity contribution in [1.82, 2.24) is 4.90 Å². The fourth-order valence-corrected chi connectivity index (χ4v) is 2.71. The van der Waals surface area contributed by atoms with Gasteiger partial charge in [-0.05, 0) is 42.0 Å². The van der Waals surface area contributed by atoms with Crippen molar-refractivity contribution in [3.63, 3.8) is 0 Å². The summed E-state index contributed by atoms with van der Waals surface area (Å²) in [6.07, 6.45) is 0. The number of nitrogens with zero attached hydrogens (tertiary/aromatic N) is 2. The SMILES string of the molecule is CN(Cc1ccc(OC(F)F)cc1)C(=O)c1ccc(COc2ccccc2C#N)o1. The predicted octanol–water partition coefficient (Wildman–Crippen LogP) is 4.60. The molecule has 0 radical (unpaired) electrons. The molecule has 0 aliphatic rings. The zero-order valence-corrected chi connectivity index (χ0v) is 16.0.